The Kier molecular flexibility index (Phi) is 2.77. The number of amides is 1. The number of hydrogen-bond donors (Lipinski definition) is 0. The standard InChI is InChI=1S/C14H17NO2/c1-8(2)10-5-6-11-12(7-10)15(9(3)4)14(17)13(11)16/h5-9H,1-4H3. The third kappa shape index (κ3) is 1.75. The average Bonchev–Trinajstić information content (AvgIpc) is 2.51. The lowest BCUT2D eigenvalue weighted by Gasteiger charge is -2.21. The van der Waals surface area contributed by atoms with Crippen LogP contribution < -0.4 is 4.90 Å². The molecule has 0 saturated carbocycles. The number of hydrogen-bond acceptors (Lipinski definition) is 2. The van der Waals surface area contributed by atoms with E-state index in [1.165, 1.54) is 0 Å². The van der Waals surface area contributed by atoms with Crippen molar-refractivity contribution in [3.05, 3.63) is 29.3 Å². The highest BCUT2D eigenvalue weighted by Gasteiger charge is 2.37. The van der Waals surface area contributed by atoms with Gasteiger partial charge in [-0.15, -0.1) is 0 Å². The number of rotatable bonds is 2. The molecule has 0 spiro atoms. The first kappa shape index (κ1) is 11.8. The minimum absolute atomic E-state index is 0.00936. The second-order valence-corrected chi connectivity index (χ2v) is 5.03. The lowest BCUT2D eigenvalue weighted by atomic mass is 10.00. The zero-order valence-corrected chi connectivity index (χ0v) is 10.7. The van der Waals surface area contributed by atoms with Gasteiger partial charge >= 0.3 is 0 Å². The summed E-state index contributed by atoms with van der Waals surface area (Å²) in [6, 6.07) is 5.67. The maximum absolute atomic E-state index is 11.9. The van der Waals surface area contributed by atoms with E-state index in [2.05, 4.69) is 13.8 Å². The summed E-state index contributed by atoms with van der Waals surface area (Å²) in [5, 5.41) is 0. The maximum atomic E-state index is 11.9. The first-order valence-electron chi connectivity index (χ1n) is 5.95. The SMILES string of the molecule is CC(C)c1ccc2c(c1)N(C(C)C)C(=O)C2=O. The molecule has 0 unspecified atom stereocenters. The molecule has 0 aliphatic carbocycles. The van der Waals surface area contributed by atoms with E-state index in [0.29, 0.717) is 11.5 Å². The smallest absolute Gasteiger partial charge is 0.299 e. The molecule has 1 aromatic carbocycles. The molecular formula is C14H17NO2. The van der Waals surface area contributed by atoms with Crippen LogP contribution in [-0.4, -0.2) is 17.7 Å². The molecule has 0 saturated heterocycles. The van der Waals surface area contributed by atoms with Gasteiger partial charge in [0.15, 0.2) is 0 Å². The molecule has 0 atom stereocenters. The monoisotopic (exact) mass is 231 g/mol. The van der Waals surface area contributed by atoms with Crippen LogP contribution in [0.3, 0.4) is 0 Å². The van der Waals surface area contributed by atoms with Crippen molar-refractivity contribution >= 4 is 17.4 Å². The first-order valence-corrected chi connectivity index (χ1v) is 5.95. The van der Waals surface area contributed by atoms with Crippen LogP contribution in [0.1, 0.15) is 49.5 Å². The van der Waals surface area contributed by atoms with E-state index in [1.54, 1.807) is 11.0 Å². The second-order valence-electron chi connectivity index (χ2n) is 5.03. The predicted octanol–water partition coefficient (Wildman–Crippen LogP) is 2.75. The molecule has 17 heavy (non-hydrogen) atoms. The largest absolute Gasteiger partial charge is 0.302 e. The van der Waals surface area contributed by atoms with E-state index >= 15 is 0 Å². The van der Waals surface area contributed by atoms with Crippen molar-refractivity contribution < 1.29 is 9.59 Å². The van der Waals surface area contributed by atoms with Crippen LogP contribution in [0.15, 0.2) is 18.2 Å². The molecule has 0 bridgehead atoms. The fourth-order valence-electron chi connectivity index (χ4n) is 2.15. The Labute approximate surface area is 101 Å². The van der Waals surface area contributed by atoms with Gasteiger partial charge in [-0.05, 0) is 37.5 Å². The predicted molar refractivity (Wildman–Crippen MR) is 67.5 cm³/mol. The van der Waals surface area contributed by atoms with E-state index in [1.807, 2.05) is 26.0 Å². The summed E-state index contributed by atoms with van der Waals surface area (Å²) in [5.74, 6) is -0.403. The molecule has 2 rings (SSSR count). The van der Waals surface area contributed by atoms with Crippen LogP contribution in [0.25, 0.3) is 0 Å². The normalized spacial score (nSPS) is 15.1. The molecular weight excluding hydrogens is 214 g/mol. The Balaban J connectivity index is 2.57. The quantitative estimate of drug-likeness (QED) is 0.734. The minimum atomic E-state index is -0.407. The zero-order valence-electron chi connectivity index (χ0n) is 10.7. The summed E-state index contributed by atoms with van der Waals surface area (Å²) in [5.41, 5.74) is 2.45. The number of nitrogens with zero attached hydrogens (tertiary/aromatic N) is 1. The number of Topliss-reactive ketones (excluding diaryl/α,β-unsaturated/α-hetero) is 1. The molecule has 0 N–H and O–H groups in total. The topological polar surface area (TPSA) is 37.4 Å². The van der Waals surface area contributed by atoms with Crippen LogP contribution in [0.4, 0.5) is 5.69 Å². The molecule has 1 amide bonds. The van der Waals surface area contributed by atoms with Gasteiger partial charge in [0.05, 0.1) is 11.3 Å². The molecule has 90 valence electrons. The summed E-state index contributed by atoms with van der Waals surface area (Å²) in [6.07, 6.45) is 0. The second kappa shape index (κ2) is 3.99. The van der Waals surface area contributed by atoms with Crippen LogP contribution in [0.2, 0.25) is 0 Å². The van der Waals surface area contributed by atoms with Crippen LogP contribution in [0.5, 0.6) is 0 Å². The molecule has 3 heteroatoms. The van der Waals surface area contributed by atoms with Gasteiger partial charge in [0.25, 0.3) is 11.7 Å². The van der Waals surface area contributed by atoms with E-state index < -0.39 is 5.91 Å². The number of carbonyl (C=O) groups is 2. The third-order valence-corrected chi connectivity index (χ3v) is 3.12. The first-order chi connectivity index (χ1) is 7.93. The Morgan fingerprint density at radius 2 is 1.71 bits per heavy atom. The lowest BCUT2D eigenvalue weighted by molar-refractivity contribution is -0.114. The number of ketones is 1. The molecule has 0 fully saturated rings. The van der Waals surface area contributed by atoms with Gasteiger partial charge < -0.3 is 4.90 Å². The van der Waals surface area contributed by atoms with Gasteiger partial charge in [-0.3, -0.25) is 9.59 Å². The van der Waals surface area contributed by atoms with Crippen LogP contribution in [0, 0.1) is 0 Å². The van der Waals surface area contributed by atoms with Gasteiger partial charge in [0.2, 0.25) is 0 Å². The summed E-state index contributed by atoms with van der Waals surface area (Å²) in [7, 11) is 0. The van der Waals surface area contributed by atoms with Crippen molar-refractivity contribution in [1.29, 1.82) is 0 Å². The van der Waals surface area contributed by atoms with Crippen molar-refractivity contribution in [3.8, 4) is 0 Å². The Bertz CT molecular complexity index is 489. The van der Waals surface area contributed by atoms with Crippen molar-refractivity contribution in [2.45, 2.75) is 39.7 Å². The van der Waals surface area contributed by atoms with E-state index in [0.717, 1.165) is 11.3 Å². The highest BCUT2D eigenvalue weighted by molar-refractivity contribution is 6.52. The van der Waals surface area contributed by atoms with E-state index in [9.17, 15) is 9.59 Å². The summed E-state index contributed by atoms with van der Waals surface area (Å²) >= 11 is 0. The molecule has 0 radical (unpaired) electrons. The van der Waals surface area contributed by atoms with Gasteiger partial charge in [-0.2, -0.15) is 0 Å². The summed E-state index contributed by atoms with van der Waals surface area (Å²) in [6.45, 7) is 8.03. The van der Waals surface area contributed by atoms with Gasteiger partial charge in [0.1, 0.15) is 0 Å². The Morgan fingerprint density at radius 3 is 2.24 bits per heavy atom. The fraction of sp³-hybridized carbons (Fsp3) is 0.429. The minimum Gasteiger partial charge on any atom is -0.302 e. The summed E-state index contributed by atoms with van der Waals surface area (Å²) in [4.78, 5) is 25.2. The fourth-order valence-corrected chi connectivity index (χ4v) is 2.15. The van der Waals surface area contributed by atoms with Gasteiger partial charge in [0, 0.05) is 6.04 Å². The van der Waals surface area contributed by atoms with E-state index in [-0.39, 0.29) is 11.8 Å². The summed E-state index contributed by atoms with van der Waals surface area (Å²) < 4.78 is 0. The Morgan fingerprint density at radius 1 is 1.06 bits per heavy atom. The number of anilines is 1. The zero-order chi connectivity index (χ0) is 12.7. The van der Waals surface area contributed by atoms with Crippen LogP contribution in [-0.2, 0) is 4.79 Å². The molecule has 1 heterocycles. The van der Waals surface area contributed by atoms with E-state index in [4.69, 9.17) is 0 Å². The number of benzene rings is 1. The van der Waals surface area contributed by atoms with Crippen molar-refractivity contribution in [1.82, 2.24) is 0 Å². The van der Waals surface area contributed by atoms with Crippen molar-refractivity contribution in [2.24, 2.45) is 0 Å². The third-order valence-electron chi connectivity index (χ3n) is 3.12. The van der Waals surface area contributed by atoms with Crippen LogP contribution >= 0.6 is 0 Å². The Hall–Kier alpha value is -1.64. The molecule has 0 aromatic heterocycles. The number of fused-ring (bicyclic) bond motifs is 1. The molecule has 1 aliphatic heterocycles. The molecule has 1 aromatic rings. The van der Waals surface area contributed by atoms with Gasteiger partial charge in [-0.25, -0.2) is 0 Å². The molecule has 3 nitrogen and oxygen atoms in total. The highest BCUT2D eigenvalue weighted by Crippen LogP contribution is 2.33. The van der Waals surface area contributed by atoms with Crippen molar-refractivity contribution in [3.63, 3.8) is 0 Å². The molecule has 1 aliphatic rings. The highest BCUT2D eigenvalue weighted by atomic mass is 16.2. The van der Waals surface area contributed by atoms with Crippen molar-refractivity contribution in [2.75, 3.05) is 4.90 Å². The lowest BCUT2D eigenvalue weighted by Crippen LogP contribution is -2.35. The van der Waals surface area contributed by atoms with Gasteiger partial charge in [-0.1, -0.05) is 19.9 Å². The number of carbonyl (C=O) groups excluding carboxylic acids is 2. The maximum Gasteiger partial charge on any atom is 0.299 e. The average molecular weight is 231 g/mol.